The normalized spacial score (nSPS) is 32.6. The number of halogens is 3. The molecular formula is C30H35Cl2FN2O3. The van der Waals surface area contributed by atoms with E-state index in [1.54, 1.807) is 24.3 Å². The Bertz CT molecular complexity index is 1270. The van der Waals surface area contributed by atoms with Gasteiger partial charge in [-0.2, -0.15) is 0 Å². The van der Waals surface area contributed by atoms with Crippen LogP contribution in [0.3, 0.4) is 0 Å². The maximum absolute atomic E-state index is 14.3. The van der Waals surface area contributed by atoms with Crippen LogP contribution in [0.2, 0.25) is 10.0 Å². The van der Waals surface area contributed by atoms with Crippen molar-refractivity contribution in [1.29, 1.82) is 0 Å². The molecule has 7 atom stereocenters. The van der Waals surface area contributed by atoms with Gasteiger partial charge in [0.05, 0.1) is 17.2 Å². The summed E-state index contributed by atoms with van der Waals surface area (Å²) in [5.74, 6) is -1.16. The number of Topliss-reactive ketones (excluding diaryl/α,β-unsaturated/α-hetero) is 1. The van der Waals surface area contributed by atoms with Crippen molar-refractivity contribution in [3.8, 4) is 0 Å². The van der Waals surface area contributed by atoms with Crippen molar-refractivity contribution in [3.63, 3.8) is 0 Å². The summed E-state index contributed by atoms with van der Waals surface area (Å²) in [4.78, 5) is 28.2. The van der Waals surface area contributed by atoms with Crippen LogP contribution in [0.1, 0.15) is 70.4 Å². The molecule has 1 spiro atoms. The van der Waals surface area contributed by atoms with Crippen LogP contribution in [0.4, 0.5) is 10.1 Å². The van der Waals surface area contributed by atoms with Gasteiger partial charge in [-0.05, 0) is 71.9 Å². The number of hydrogen-bond acceptors (Lipinski definition) is 4. The van der Waals surface area contributed by atoms with E-state index in [2.05, 4.69) is 31.4 Å². The summed E-state index contributed by atoms with van der Waals surface area (Å²) in [5.41, 5.74) is 0.753. The van der Waals surface area contributed by atoms with Gasteiger partial charge in [0.25, 0.3) is 0 Å². The first-order valence-corrected chi connectivity index (χ1v) is 14.1. The second-order valence-corrected chi connectivity index (χ2v) is 13.5. The largest absolute Gasteiger partial charge is 0.393 e. The molecule has 3 N–H and O–H groups in total. The maximum Gasteiger partial charge on any atom is 0.237 e. The Balaban J connectivity index is 1.67. The Labute approximate surface area is 233 Å². The van der Waals surface area contributed by atoms with Crippen LogP contribution in [0.25, 0.3) is 0 Å². The Morgan fingerprint density at radius 2 is 1.89 bits per heavy atom. The molecule has 0 radical (unpaired) electrons. The van der Waals surface area contributed by atoms with Crippen LogP contribution in [0.15, 0.2) is 36.4 Å². The van der Waals surface area contributed by atoms with Crippen molar-refractivity contribution in [3.05, 3.63) is 63.4 Å². The predicted molar refractivity (Wildman–Crippen MR) is 148 cm³/mol. The lowest BCUT2D eigenvalue weighted by Gasteiger charge is -2.37. The lowest BCUT2D eigenvalue weighted by atomic mass is 9.62. The number of nitrogens with one attached hydrogen (secondary N) is 2. The van der Waals surface area contributed by atoms with Crippen molar-refractivity contribution in [2.24, 2.45) is 17.3 Å². The number of hydrogen-bond donors (Lipinski definition) is 3. The summed E-state index contributed by atoms with van der Waals surface area (Å²) in [7, 11) is 0. The van der Waals surface area contributed by atoms with Gasteiger partial charge in [-0.3, -0.25) is 9.59 Å². The smallest absolute Gasteiger partial charge is 0.237 e. The Hall–Kier alpha value is -1.99. The van der Waals surface area contributed by atoms with Gasteiger partial charge >= 0.3 is 0 Å². The fraction of sp³-hybridized carbons (Fsp3) is 0.533. The van der Waals surface area contributed by atoms with Gasteiger partial charge in [0.2, 0.25) is 5.91 Å². The van der Waals surface area contributed by atoms with E-state index in [9.17, 15) is 19.1 Å². The average Bonchev–Trinajstić information content (AvgIpc) is 3.41. The van der Waals surface area contributed by atoms with E-state index < -0.39 is 29.3 Å². The molecule has 8 heteroatoms. The third kappa shape index (κ3) is 4.68. The molecular weight excluding hydrogens is 526 g/mol. The van der Waals surface area contributed by atoms with Crippen molar-refractivity contribution in [2.45, 2.75) is 82.9 Å². The molecule has 1 aliphatic carbocycles. The minimum absolute atomic E-state index is 0.00672. The Morgan fingerprint density at radius 3 is 2.53 bits per heavy atom. The molecule has 5 rings (SSSR count). The molecule has 1 saturated carbocycles. The van der Waals surface area contributed by atoms with E-state index in [0.29, 0.717) is 35.5 Å². The highest BCUT2D eigenvalue weighted by molar-refractivity contribution is 6.31. The molecule has 2 aliphatic heterocycles. The van der Waals surface area contributed by atoms with E-state index in [-0.39, 0.29) is 40.0 Å². The van der Waals surface area contributed by atoms with Crippen LogP contribution in [-0.4, -0.2) is 35.0 Å². The summed E-state index contributed by atoms with van der Waals surface area (Å²) in [6.07, 6.45) is 1.89. The second-order valence-electron chi connectivity index (χ2n) is 12.7. The zero-order chi connectivity index (χ0) is 27.6. The molecule has 2 heterocycles. The molecule has 0 bridgehead atoms. The molecule has 2 fully saturated rings. The highest BCUT2D eigenvalue weighted by Gasteiger charge is 2.65. The number of aliphatic hydroxyl groups is 1. The van der Waals surface area contributed by atoms with Crippen LogP contribution in [0.5, 0.6) is 0 Å². The molecule has 1 amide bonds. The number of ketones is 1. The van der Waals surface area contributed by atoms with Gasteiger partial charge in [0, 0.05) is 29.1 Å². The van der Waals surface area contributed by atoms with Crippen molar-refractivity contribution in [1.82, 2.24) is 5.32 Å². The van der Waals surface area contributed by atoms with Gasteiger partial charge in [-0.1, -0.05) is 63.0 Å². The van der Waals surface area contributed by atoms with Crippen LogP contribution in [0, 0.1) is 23.1 Å². The predicted octanol–water partition coefficient (Wildman–Crippen LogP) is 6.25. The number of carbonyl (C=O) groups excluding carboxylic acids is 2. The average molecular weight is 562 g/mol. The summed E-state index contributed by atoms with van der Waals surface area (Å²) in [5, 5.41) is 17.4. The van der Waals surface area contributed by atoms with Gasteiger partial charge in [0.15, 0.2) is 5.78 Å². The maximum atomic E-state index is 14.3. The number of benzene rings is 2. The molecule has 204 valence electrons. The monoisotopic (exact) mass is 560 g/mol. The number of anilines is 1. The number of amides is 1. The highest BCUT2D eigenvalue weighted by Crippen LogP contribution is 2.57. The van der Waals surface area contributed by atoms with E-state index in [1.807, 2.05) is 13.0 Å². The van der Waals surface area contributed by atoms with Crippen LogP contribution >= 0.6 is 23.2 Å². The molecule has 3 aliphatic rings. The second kappa shape index (κ2) is 9.88. The van der Waals surface area contributed by atoms with Crippen LogP contribution in [-0.2, 0) is 15.0 Å². The highest BCUT2D eigenvalue weighted by atomic mass is 35.5. The number of fused-ring (bicyclic) bond motifs is 2. The van der Waals surface area contributed by atoms with Gasteiger partial charge in [-0.15, -0.1) is 0 Å². The van der Waals surface area contributed by atoms with Gasteiger partial charge < -0.3 is 15.7 Å². The number of aliphatic hydroxyl groups excluding tert-OH is 1. The molecule has 2 aromatic rings. The summed E-state index contributed by atoms with van der Waals surface area (Å²) >= 11 is 12.6. The topological polar surface area (TPSA) is 78.4 Å². The van der Waals surface area contributed by atoms with Crippen LogP contribution < -0.4 is 10.6 Å². The molecule has 0 aromatic heterocycles. The Kier molecular flexibility index (Phi) is 7.17. The van der Waals surface area contributed by atoms with E-state index in [0.717, 1.165) is 12.0 Å². The quantitative estimate of drug-likeness (QED) is 0.404. The Morgan fingerprint density at radius 1 is 1.16 bits per heavy atom. The number of carbonyl (C=O) groups is 2. The van der Waals surface area contributed by atoms with E-state index in [1.165, 1.54) is 6.07 Å². The van der Waals surface area contributed by atoms with Crippen molar-refractivity contribution in [2.75, 3.05) is 5.32 Å². The third-order valence-corrected chi connectivity index (χ3v) is 9.22. The molecule has 1 saturated heterocycles. The van der Waals surface area contributed by atoms with Crippen molar-refractivity contribution < 1.29 is 19.1 Å². The van der Waals surface area contributed by atoms with Gasteiger partial charge in [-0.25, -0.2) is 4.39 Å². The zero-order valence-corrected chi connectivity index (χ0v) is 23.7. The minimum atomic E-state index is -1.13. The first kappa shape index (κ1) is 27.6. The fourth-order valence-electron chi connectivity index (χ4n) is 7.11. The van der Waals surface area contributed by atoms with Gasteiger partial charge in [0.1, 0.15) is 11.2 Å². The van der Waals surface area contributed by atoms with Crippen molar-refractivity contribution >= 4 is 40.6 Å². The van der Waals surface area contributed by atoms with E-state index >= 15 is 0 Å². The summed E-state index contributed by atoms with van der Waals surface area (Å²) in [6, 6.07) is 8.79. The standard InChI is InChI=1S/C30H35Cl2FN2O3/c1-15-9-16(10-23(15)36)11-24(37)27-26(17-5-8-21(33)20(32)12-17)30(25(35-27)14-29(2,3)4)19-7-6-18(31)13-22(19)34-28(30)38/h5-8,12-13,15-16,23,25-27,35-36H,9-11,14H2,1-4H3,(H,34,38)/t15-,16?,23+,25+,26-,27-,30-/m0/s1. The van der Waals surface area contributed by atoms with E-state index in [4.69, 9.17) is 23.2 Å². The molecule has 5 nitrogen and oxygen atoms in total. The SMILES string of the molecule is C[C@H]1CC(CC(=O)[C@@H]2N[C@H](CC(C)(C)C)[C@]3(C(=O)Nc4cc(Cl)ccc43)[C@H]2c2ccc(F)c(Cl)c2)C[C@H]1O. The molecule has 2 aromatic carbocycles. The minimum Gasteiger partial charge on any atom is -0.393 e. The first-order chi connectivity index (χ1) is 17.8. The first-order valence-electron chi connectivity index (χ1n) is 13.3. The fourth-order valence-corrected chi connectivity index (χ4v) is 7.47. The third-order valence-electron chi connectivity index (χ3n) is 8.70. The lowest BCUT2D eigenvalue weighted by molar-refractivity contribution is -0.123. The zero-order valence-electron chi connectivity index (χ0n) is 22.2. The number of rotatable bonds is 5. The lowest BCUT2D eigenvalue weighted by Crippen LogP contribution is -2.49. The molecule has 1 unspecified atom stereocenters. The summed E-state index contributed by atoms with van der Waals surface area (Å²) < 4.78 is 14.3. The molecule has 38 heavy (non-hydrogen) atoms. The summed E-state index contributed by atoms with van der Waals surface area (Å²) in [6.45, 7) is 8.33.